The molecule has 0 bridgehead atoms. The highest BCUT2D eigenvalue weighted by Crippen LogP contribution is 2.33. The molecule has 17 heavy (non-hydrogen) atoms. The van der Waals surface area contributed by atoms with E-state index in [2.05, 4.69) is 10.3 Å². The Morgan fingerprint density at radius 3 is 2.71 bits per heavy atom. The van der Waals surface area contributed by atoms with Gasteiger partial charge in [0.25, 0.3) is 0 Å². The molecule has 0 saturated carbocycles. The van der Waals surface area contributed by atoms with Crippen LogP contribution < -0.4 is 5.32 Å². The van der Waals surface area contributed by atoms with Crippen LogP contribution in [0.1, 0.15) is 23.6 Å². The number of amides is 2. The molecular weight excluding hydrogens is 216 g/mol. The fourth-order valence-corrected chi connectivity index (χ4v) is 2.53. The highest BCUT2D eigenvalue weighted by molar-refractivity contribution is 6.08. The van der Waals surface area contributed by atoms with Crippen LogP contribution in [-0.2, 0) is 9.59 Å². The van der Waals surface area contributed by atoms with Crippen LogP contribution in [0.2, 0.25) is 0 Å². The number of imide groups is 1. The summed E-state index contributed by atoms with van der Waals surface area (Å²) in [6, 6.07) is 7.83. The van der Waals surface area contributed by atoms with Gasteiger partial charge in [0.2, 0.25) is 11.8 Å². The van der Waals surface area contributed by atoms with E-state index in [1.165, 1.54) is 0 Å². The Morgan fingerprint density at radius 2 is 2.00 bits per heavy atom. The van der Waals surface area contributed by atoms with Crippen molar-refractivity contribution in [1.29, 1.82) is 0 Å². The Labute approximate surface area is 98.0 Å². The molecule has 1 aliphatic heterocycles. The molecule has 1 saturated heterocycles. The lowest BCUT2D eigenvalue weighted by molar-refractivity contribution is -0.125. The first kappa shape index (κ1) is 10.1. The van der Waals surface area contributed by atoms with Crippen molar-refractivity contribution in [3.05, 3.63) is 35.5 Å². The molecule has 2 N–H and O–H groups in total. The first-order valence-corrected chi connectivity index (χ1v) is 5.57. The van der Waals surface area contributed by atoms with Gasteiger partial charge in [0.1, 0.15) is 0 Å². The SMILES string of the molecule is Cc1[nH]c2ccccc2c1[C@@H]1CC(=O)NC1=O. The molecular formula is C13H12N2O2. The molecule has 1 aromatic heterocycles. The molecule has 0 spiro atoms. The molecule has 86 valence electrons. The second-order valence-electron chi connectivity index (χ2n) is 4.38. The van der Waals surface area contributed by atoms with Crippen molar-refractivity contribution in [3.8, 4) is 0 Å². The van der Waals surface area contributed by atoms with Crippen molar-refractivity contribution in [3.63, 3.8) is 0 Å². The van der Waals surface area contributed by atoms with Gasteiger partial charge >= 0.3 is 0 Å². The van der Waals surface area contributed by atoms with E-state index in [0.29, 0.717) is 0 Å². The van der Waals surface area contributed by atoms with Crippen LogP contribution in [0.4, 0.5) is 0 Å². The number of aromatic amines is 1. The summed E-state index contributed by atoms with van der Waals surface area (Å²) in [6.07, 6.45) is 0.252. The molecule has 3 rings (SSSR count). The number of aryl methyl sites for hydroxylation is 1. The number of hydrogen-bond donors (Lipinski definition) is 2. The monoisotopic (exact) mass is 228 g/mol. The minimum Gasteiger partial charge on any atom is -0.358 e. The zero-order valence-corrected chi connectivity index (χ0v) is 9.41. The average Bonchev–Trinajstić information content (AvgIpc) is 2.77. The lowest BCUT2D eigenvalue weighted by Crippen LogP contribution is -2.21. The maximum atomic E-state index is 11.7. The number of carbonyl (C=O) groups is 2. The van der Waals surface area contributed by atoms with E-state index in [1.807, 2.05) is 31.2 Å². The van der Waals surface area contributed by atoms with Crippen molar-refractivity contribution in [2.75, 3.05) is 0 Å². The molecule has 1 aliphatic rings. The summed E-state index contributed by atoms with van der Waals surface area (Å²) in [4.78, 5) is 26.2. The Morgan fingerprint density at radius 1 is 1.24 bits per heavy atom. The molecule has 0 aliphatic carbocycles. The third kappa shape index (κ3) is 1.45. The second-order valence-corrected chi connectivity index (χ2v) is 4.38. The fraction of sp³-hybridized carbons (Fsp3) is 0.231. The number of aromatic nitrogens is 1. The van der Waals surface area contributed by atoms with Gasteiger partial charge in [-0.2, -0.15) is 0 Å². The zero-order chi connectivity index (χ0) is 12.0. The summed E-state index contributed by atoms with van der Waals surface area (Å²) in [5.41, 5.74) is 2.91. The minimum atomic E-state index is -0.348. The lowest BCUT2D eigenvalue weighted by Gasteiger charge is -2.06. The van der Waals surface area contributed by atoms with Gasteiger partial charge in [-0.25, -0.2) is 0 Å². The van der Waals surface area contributed by atoms with Gasteiger partial charge in [-0.3, -0.25) is 14.9 Å². The first-order chi connectivity index (χ1) is 8.16. The number of rotatable bonds is 1. The van der Waals surface area contributed by atoms with Gasteiger partial charge in [-0.15, -0.1) is 0 Å². The van der Waals surface area contributed by atoms with Crippen LogP contribution in [0.15, 0.2) is 24.3 Å². The van der Waals surface area contributed by atoms with E-state index in [9.17, 15) is 9.59 Å². The molecule has 2 aromatic rings. The Balaban J connectivity index is 2.20. The standard InChI is InChI=1S/C13H12N2O2/c1-7-12(9-6-11(16)15-13(9)17)8-4-2-3-5-10(8)14-7/h2-5,9,14H,6H2,1H3,(H,15,16,17)/t9-/m0/s1. The predicted octanol–water partition coefficient (Wildman–Crippen LogP) is 1.61. The van der Waals surface area contributed by atoms with E-state index in [1.54, 1.807) is 0 Å². The maximum Gasteiger partial charge on any atom is 0.234 e. The van der Waals surface area contributed by atoms with Gasteiger partial charge in [0, 0.05) is 23.0 Å². The summed E-state index contributed by atoms with van der Waals surface area (Å²) in [6.45, 7) is 1.94. The number of carbonyl (C=O) groups excluding carboxylic acids is 2. The average molecular weight is 228 g/mol. The smallest absolute Gasteiger partial charge is 0.234 e. The summed E-state index contributed by atoms with van der Waals surface area (Å²) in [5, 5.41) is 3.38. The lowest BCUT2D eigenvalue weighted by atomic mass is 9.95. The summed E-state index contributed by atoms with van der Waals surface area (Å²) >= 11 is 0. The van der Waals surface area contributed by atoms with E-state index >= 15 is 0 Å². The molecule has 4 nitrogen and oxygen atoms in total. The highest BCUT2D eigenvalue weighted by atomic mass is 16.2. The van der Waals surface area contributed by atoms with E-state index in [0.717, 1.165) is 22.2 Å². The first-order valence-electron chi connectivity index (χ1n) is 5.57. The van der Waals surface area contributed by atoms with Gasteiger partial charge in [-0.05, 0) is 18.6 Å². The van der Waals surface area contributed by atoms with Gasteiger partial charge in [0.15, 0.2) is 0 Å². The van der Waals surface area contributed by atoms with Crippen LogP contribution in [0.25, 0.3) is 10.9 Å². The second kappa shape index (κ2) is 3.45. The van der Waals surface area contributed by atoms with Crippen LogP contribution in [0, 0.1) is 6.92 Å². The number of hydrogen-bond acceptors (Lipinski definition) is 2. The summed E-state index contributed by atoms with van der Waals surface area (Å²) in [7, 11) is 0. The third-order valence-electron chi connectivity index (χ3n) is 3.26. The minimum absolute atomic E-state index is 0.190. The van der Waals surface area contributed by atoms with E-state index in [4.69, 9.17) is 0 Å². The number of H-pyrrole nitrogens is 1. The molecule has 4 heteroatoms. The molecule has 1 aromatic carbocycles. The van der Waals surface area contributed by atoms with Gasteiger partial charge in [0.05, 0.1) is 5.92 Å². The van der Waals surface area contributed by atoms with E-state index in [-0.39, 0.29) is 24.2 Å². The normalized spacial score (nSPS) is 19.9. The van der Waals surface area contributed by atoms with Crippen molar-refractivity contribution >= 4 is 22.7 Å². The maximum absolute atomic E-state index is 11.7. The largest absolute Gasteiger partial charge is 0.358 e. The van der Waals surface area contributed by atoms with Crippen LogP contribution >= 0.6 is 0 Å². The zero-order valence-electron chi connectivity index (χ0n) is 9.41. The van der Waals surface area contributed by atoms with Crippen LogP contribution in [0.5, 0.6) is 0 Å². The quantitative estimate of drug-likeness (QED) is 0.728. The van der Waals surface area contributed by atoms with Gasteiger partial charge < -0.3 is 4.98 Å². The molecule has 2 amide bonds. The molecule has 1 fully saturated rings. The molecule has 2 heterocycles. The van der Waals surface area contributed by atoms with Crippen molar-refractivity contribution in [1.82, 2.24) is 10.3 Å². The summed E-state index contributed by atoms with van der Waals surface area (Å²) in [5.74, 6) is -0.730. The van der Waals surface area contributed by atoms with Crippen LogP contribution in [0.3, 0.4) is 0 Å². The number of nitrogens with one attached hydrogen (secondary N) is 2. The van der Waals surface area contributed by atoms with Crippen molar-refractivity contribution in [2.24, 2.45) is 0 Å². The van der Waals surface area contributed by atoms with Gasteiger partial charge in [-0.1, -0.05) is 18.2 Å². The Hall–Kier alpha value is -2.10. The van der Waals surface area contributed by atoms with E-state index < -0.39 is 0 Å². The molecule has 0 unspecified atom stereocenters. The number of fused-ring (bicyclic) bond motifs is 1. The Kier molecular flexibility index (Phi) is 2.04. The highest BCUT2D eigenvalue weighted by Gasteiger charge is 2.34. The Bertz CT molecular complexity index is 627. The fourth-order valence-electron chi connectivity index (χ4n) is 2.53. The molecule has 0 radical (unpaired) electrons. The van der Waals surface area contributed by atoms with Crippen LogP contribution in [-0.4, -0.2) is 16.8 Å². The summed E-state index contributed by atoms with van der Waals surface area (Å²) < 4.78 is 0. The number of para-hydroxylation sites is 1. The molecule has 1 atom stereocenters. The predicted molar refractivity (Wildman–Crippen MR) is 63.5 cm³/mol. The third-order valence-corrected chi connectivity index (χ3v) is 3.26. The van der Waals surface area contributed by atoms with Crippen molar-refractivity contribution in [2.45, 2.75) is 19.3 Å². The number of benzene rings is 1. The van der Waals surface area contributed by atoms with Crippen molar-refractivity contribution < 1.29 is 9.59 Å². The topological polar surface area (TPSA) is 62.0 Å².